The second-order valence-electron chi connectivity index (χ2n) is 4.30. The van der Waals surface area contributed by atoms with E-state index in [1.54, 1.807) is 0 Å². The highest BCUT2D eigenvalue weighted by molar-refractivity contribution is 7.90. The number of hydrogen-bond acceptors (Lipinski definition) is 7. The quantitative estimate of drug-likeness (QED) is 0.800. The summed E-state index contributed by atoms with van der Waals surface area (Å²) in [5.41, 5.74) is -0.192. The average Bonchev–Trinajstić information content (AvgIpc) is 2.45. The molecule has 0 radical (unpaired) electrons. The van der Waals surface area contributed by atoms with Crippen LogP contribution in [0.5, 0.6) is 0 Å². The number of rotatable bonds is 4. The molecule has 0 heterocycles. The fourth-order valence-electron chi connectivity index (χ4n) is 1.49. The second-order valence-corrected chi connectivity index (χ2v) is 6.28. The van der Waals surface area contributed by atoms with E-state index in [2.05, 4.69) is 4.74 Å². The number of imide groups is 1. The molecule has 0 saturated carbocycles. The lowest BCUT2D eigenvalue weighted by Gasteiger charge is -2.13. The van der Waals surface area contributed by atoms with Crippen molar-refractivity contribution in [3.05, 3.63) is 29.8 Å². The van der Waals surface area contributed by atoms with Crippen LogP contribution in [-0.2, 0) is 24.1 Å². The Morgan fingerprint density at radius 2 is 1.77 bits per heavy atom. The maximum atomic E-state index is 12.0. The molecule has 2 amide bonds. The zero-order chi connectivity index (χ0) is 16.9. The fourth-order valence-corrected chi connectivity index (χ4v) is 2.37. The Hall–Kier alpha value is -2.42. The van der Waals surface area contributed by atoms with Gasteiger partial charge in [0.05, 0.1) is 17.6 Å². The van der Waals surface area contributed by atoms with Gasteiger partial charge in [0.25, 0.3) is 5.91 Å². The van der Waals surface area contributed by atoms with Crippen molar-refractivity contribution >= 4 is 27.8 Å². The molecule has 8 nitrogen and oxygen atoms in total. The van der Waals surface area contributed by atoms with Crippen molar-refractivity contribution in [1.82, 2.24) is 5.32 Å². The Kier molecular flexibility index (Phi) is 5.63. The van der Waals surface area contributed by atoms with Gasteiger partial charge in [-0.3, -0.25) is 10.1 Å². The van der Waals surface area contributed by atoms with Crippen LogP contribution in [0.25, 0.3) is 0 Å². The summed E-state index contributed by atoms with van der Waals surface area (Å²) < 4.78 is 32.3. The van der Waals surface area contributed by atoms with E-state index in [4.69, 9.17) is 4.74 Å². The molecule has 0 unspecified atom stereocenters. The van der Waals surface area contributed by atoms with Crippen LogP contribution < -0.4 is 5.32 Å². The molecule has 0 bridgehead atoms. The summed E-state index contributed by atoms with van der Waals surface area (Å²) in [5, 5.41) is 1.84. The highest BCUT2D eigenvalue weighted by atomic mass is 32.2. The molecule has 1 atom stereocenters. The van der Waals surface area contributed by atoms with Gasteiger partial charge in [-0.2, -0.15) is 0 Å². The molecule has 120 valence electrons. The molecule has 1 rings (SSSR count). The van der Waals surface area contributed by atoms with Crippen molar-refractivity contribution in [3.63, 3.8) is 0 Å². The highest BCUT2D eigenvalue weighted by Gasteiger charge is 2.24. The lowest BCUT2D eigenvalue weighted by atomic mass is 10.2. The monoisotopic (exact) mass is 329 g/mol. The van der Waals surface area contributed by atoms with Gasteiger partial charge >= 0.3 is 12.1 Å². The Balaban J connectivity index is 2.91. The van der Waals surface area contributed by atoms with E-state index in [1.165, 1.54) is 31.2 Å². The van der Waals surface area contributed by atoms with Gasteiger partial charge in [0.15, 0.2) is 15.9 Å². The van der Waals surface area contributed by atoms with Crippen LogP contribution in [0.1, 0.15) is 17.3 Å². The van der Waals surface area contributed by atoms with Crippen LogP contribution in [0.4, 0.5) is 4.79 Å². The van der Waals surface area contributed by atoms with E-state index in [-0.39, 0.29) is 10.5 Å². The summed E-state index contributed by atoms with van der Waals surface area (Å²) in [6, 6.07) is 5.44. The number of methoxy groups -OCH3 is 1. The molecule has 0 fully saturated rings. The third-order valence-electron chi connectivity index (χ3n) is 2.57. The first kappa shape index (κ1) is 17.6. The van der Waals surface area contributed by atoms with Crippen LogP contribution in [0, 0.1) is 0 Å². The van der Waals surface area contributed by atoms with Gasteiger partial charge in [-0.05, 0) is 19.1 Å². The number of benzene rings is 1. The minimum absolute atomic E-state index is 0.192. The van der Waals surface area contributed by atoms with Gasteiger partial charge in [0, 0.05) is 6.26 Å². The van der Waals surface area contributed by atoms with Gasteiger partial charge in [-0.15, -0.1) is 0 Å². The molecule has 1 aromatic carbocycles. The molecule has 0 aliphatic rings. The lowest BCUT2D eigenvalue weighted by Crippen LogP contribution is -2.39. The maximum Gasteiger partial charge on any atom is 0.413 e. The van der Waals surface area contributed by atoms with Crippen molar-refractivity contribution < 1.29 is 32.3 Å². The fraction of sp³-hybridized carbons (Fsp3) is 0.308. The number of ether oxygens (including phenoxy) is 2. The third kappa shape index (κ3) is 4.55. The SMILES string of the molecule is COC(=O)NC(=O)[C@@H](C)OC(=O)c1ccccc1S(C)(=O)=O. The summed E-state index contributed by atoms with van der Waals surface area (Å²) in [5.74, 6) is -1.88. The number of sulfone groups is 1. The molecule has 22 heavy (non-hydrogen) atoms. The summed E-state index contributed by atoms with van der Waals surface area (Å²) in [7, 11) is -2.56. The summed E-state index contributed by atoms with van der Waals surface area (Å²) in [6.45, 7) is 1.24. The van der Waals surface area contributed by atoms with Crippen LogP contribution in [0.2, 0.25) is 0 Å². The topological polar surface area (TPSA) is 116 Å². The maximum absolute atomic E-state index is 12.0. The van der Waals surface area contributed by atoms with E-state index < -0.39 is 33.9 Å². The number of esters is 1. The largest absolute Gasteiger partial charge is 0.453 e. The number of carbonyl (C=O) groups is 3. The molecule has 1 N–H and O–H groups in total. The zero-order valence-electron chi connectivity index (χ0n) is 12.2. The molecular formula is C13H15NO7S. The number of amides is 2. The Morgan fingerprint density at radius 1 is 1.18 bits per heavy atom. The van der Waals surface area contributed by atoms with Gasteiger partial charge < -0.3 is 9.47 Å². The summed E-state index contributed by atoms with van der Waals surface area (Å²) >= 11 is 0. The van der Waals surface area contributed by atoms with Gasteiger partial charge in [0.1, 0.15) is 0 Å². The van der Waals surface area contributed by atoms with Crippen molar-refractivity contribution in [2.75, 3.05) is 13.4 Å². The van der Waals surface area contributed by atoms with E-state index in [9.17, 15) is 22.8 Å². The van der Waals surface area contributed by atoms with Crippen molar-refractivity contribution in [2.24, 2.45) is 0 Å². The predicted octanol–water partition coefficient (Wildman–Crippen LogP) is 0.518. The highest BCUT2D eigenvalue weighted by Crippen LogP contribution is 2.17. The molecular weight excluding hydrogens is 314 g/mol. The summed E-state index contributed by atoms with van der Waals surface area (Å²) in [4.78, 5) is 34.2. The smallest absolute Gasteiger partial charge is 0.413 e. The minimum atomic E-state index is -3.63. The van der Waals surface area contributed by atoms with Crippen LogP contribution >= 0.6 is 0 Å². The molecule has 0 aliphatic heterocycles. The number of hydrogen-bond donors (Lipinski definition) is 1. The van der Waals surface area contributed by atoms with E-state index in [0.717, 1.165) is 13.4 Å². The van der Waals surface area contributed by atoms with Crippen molar-refractivity contribution in [1.29, 1.82) is 0 Å². The molecule has 0 aliphatic carbocycles. The number of carbonyl (C=O) groups excluding carboxylic acids is 3. The summed E-state index contributed by atoms with van der Waals surface area (Å²) in [6.07, 6.45) is -1.35. The predicted molar refractivity (Wildman–Crippen MR) is 75.0 cm³/mol. The molecule has 0 saturated heterocycles. The first-order chi connectivity index (χ1) is 10.2. The standard InChI is InChI=1S/C13H15NO7S/c1-8(11(15)14-13(17)20-2)21-12(16)9-6-4-5-7-10(9)22(3,18)19/h4-8H,1-3H3,(H,14,15,17)/t8-/m1/s1. The lowest BCUT2D eigenvalue weighted by molar-refractivity contribution is -0.128. The molecule has 9 heteroatoms. The van der Waals surface area contributed by atoms with Crippen LogP contribution in [0.3, 0.4) is 0 Å². The van der Waals surface area contributed by atoms with E-state index in [1.807, 2.05) is 5.32 Å². The molecule has 0 spiro atoms. The molecule has 0 aromatic heterocycles. The van der Waals surface area contributed by atoms with Gasteiger partial charge in [-0.1, -0.05) is 12.1 Å². The van der Waals surface area contributed by atoms with E-state index in [0.29, 0.717) is 0 Å². The van der Waals surface area contributed by atoms with Crippen molar-refractivity contribution in [2.45, 2.75) is 17.9 Å². The Labute approximate surface area is 127 Å². The molecule has 1 aromatic rings. The minimum Gasteiger partial charge on any atom is -0.453 e. The first-order valence-electron chi connectivity index (χ1n) is 6.05. The average molecular weight is 329 g/mol. The van der Waals surface area contributed by atoms with Crippen LogP contribution in [-0.4, -0.2) is 45.9 Å². The van der Waals surface area contributed by atoms with Gasteiger partial charge in [0.2, 0.25) is 0 Å². The van der Waals surface area contributed by atoms with Gasteiger partial charge in [-0.25, -0.2) is 18.0 Å². The van der Waals surface area contributed by atoms with Crippen molar-refractivity contribution in [3.8, 4) is 0 Å². The number of alkyl carbamates (subject to hydrolysis) is 1. The second kappa shape index (κ2) is 7.03. The first-order valence-corrected chi connectivity index (χ1v) is 7.95. The van der Waals surface area contributed by atoms with Crippen LogP contribution in [0.15, 0.2) is 29.2 Å². The normalized spacial score (nSPS) is 12.1. The number of nitrogens with one attached hydrogen (secondary N) is 1. The zero-order valence-corrected chi connectivity index (χ0v) is 13.0. The Morgan fingerprint density at radius 3 is 2.32 bits per heavy atom. The third-order valence-corrected chi connectivity index (χ3v) is 3.73. The Bertz CT molecular complexity index is 696. The van der Waals surface area contributed by atoms with E-state index >= 15 is 0 Å².